The molecule has 1 aromatic heterocycles. The van der Waals surface area contributed by atoms with Gasteiger partial charge in [-0.3, -0.25) is 4.98 Å². The van der Waals surface area contributed by atoms with E-state index in [-0.39, 0.29) is 10.8 Å². The molecule has 4 aromatic carbocycles. The Bertz CT molecular complexity index is 1670. The summed E-state index contributed by atoms with van der Waals surface area (Å²) in [5.74, 6) is 0. The van der Waals surface area contributed by atoms with Gasteiger partial charge in [0.25, 0.3) is 0 Å². The lowest BCUT2D eigenvalue weighted by Crippen LogP contribution is -2.14. The molecule has 1 aliphatic rings. The molecule has 0 aliphatic heterocycles. The molecule has 0 spiro atoms. The number of aryl methyl sites for hydroxylation is 1. The average Bonchev–Trinajstić information content (AvgIpc) is 2.78. The monoisotopic (exact) mass is 471 g/mol. The van der Waals surface area contributed by atoms with Crippen molar-refractivity contribution in [3.05, 3.63) is 88.6 Å². The van der Waals surface area contributed by atoms with Crippen LogP contribution in [0.4, 0.5) is 0 Å². The Balaban J connectivity index is 1.70. The summed E-state index contributed by atoms with van der Waals surface area (Å²) in [6, 6.07) is 21.0. The molecule has 0 unspecified atom stereocenters. The van der Waals surface area contributed by atoms with E-state index in [1.165, 1.54) is 65.7 Å². The zero-order chi connectivity index (χ0) is 25.4. The zero-order valence-corrected chi connectivity index (χ0v) is 22.8. The third-order valence-corrected chi connectivity index (χ3v) is 7.65. The summed E-state index contributed by atoms with van der Waals surface area (Å²) < 4.78 is 0. The van der Waals surface area contributed by atoms with Gasteiger partial charge in [0.1, 0.15) is 0 Å². The van der Waals surface area contributed by atoms with E-state index < -0.39 is 0 Å². The second-order valence-corrected chi connectivity index (χ2v) is 13.4. The van der Waals surface area contributed by atoms with Gasteiger partial charge in [-0.2, -0.15) is 0 Å². The van der Waals surface area contributed by atoms with Crippen molar-refractivity contribution in [1.82, 2.24) is 4.98 Å². The van der Waals surface area contributed by atoms with Crippen molar-refractivity contribution in [2.24, 2.45) is 10.8 Å². The number of aromatic nitrogens is 1. The number of hydrogen-bond donors (Lipinski definition) is 0. The van der Waals surface area contributed by atoms with Crippen molar-refractivity contribution in [3.63, 3.8) is 0 Å². The molecule has 1 heterocycles. The Kier molecular flexibility index (Phi) is 5.10. The van der Waals surface area contributed by atoms with E-state index in [2.05, 4.69) is 103 Å². The Morgan fingerprint density at radius 3 is 2.28 bits per heavy atom. The first-order valence-electron chi connectivity index (χ1n) is 13.4. The minimum absolute atomic E-state index is 0.204. The van der Waals surface area contributed by atoms with Crippen molar-refractivity contribution in [1.29, 1.82) is 0 Å². The van der Waals surface area contributed by atoms with Gasteiger partial charge in [-0.25, -0.2) is 0 Å². The van der Waals surface area contributed by atoms with Crippen LogP contribution in [0.25, 0.3) is 43.6 Å². The van der Waals surface area contributed by atoms with Crippen molar-refractivity contribution in [2.75, 3.05) is 0 Å². The number of hydrogen-bond acceptors (Lipinski definition) is 1. The third-order valence-electron chi connectivity index (χ3n) is 7.65. The first kappa shape index (κ1) is 23.2. The summed E-state index contributed by atoms with van der Waals surface area (Å²) in [6.45, 7) is 16.3. The lowest BCUT2D eigenvalue weighted by atomic mass is 9.76. The highest BCUT2D eigenvalue weighted by molar-refractivity contribution is 6.15. The van der Waals surface area contributed by atoms with E-state index in [4.69, 9.17) is 4.98 Å². The molecule has 1 nitrogen and oxygen atoms in total. The summed E-state index contributed by atoms with van der Waals surface area (Å²) in [6.07, 6.45) is 5.13. The van der Waals surface area contributed by atoms with Gasteiger partial charge in [0.2, 0.25) is 0 Å². The van der Waals surface area contributed by atoms with E-state index in [9.17, 15) is 0 Å². The maximum atomic E-state index is 5.03. The van der Waals surface area contributed by atoms with Crippen LogP contribution >= 0.6 is 0 Å². The Labute approximate surface area is 215 Å². The normalized spacial score (nSPS) is 13.5. The van der Waals surface area contributed by atoms with Crippen LogP contribution in [0.2, 0.25) is 0 Å². The minimum Gasteiger partial charge on any atom is -0.256 e. The van der Waals surface area contributed by atoms with Crippen molar-refractivity contribution in [3.8, 4) is 11.3 Å². The van der Waals surface area contributed by atoms with Crippen LogP contribution in [-0.2, 0) is 19.3 Å². The zero-order valence-electron chi connectivity index (χ0n) is 22.8. The lowest BCUT2D eigenvalue weighted by molar-refractivity contribution is 0.411. The number of benzene rings is 4. The SMILES string of the molecule is Cc1ccc2c(CC(C)(C)C)c3c(cc2c1)-c1nccc2c1c(cc1c(CC(C)(C)C)cccc12)C3. The molecule has 1 aliphatic carbocycles. The molecule has 0 N–H and O–H groups in total. The quantitative estimate of drug-likeness (QED) is 0.229. The van der Waals surface area contributed by atoms with Gasteiger partial charge in [-0.1, -0.05) is 83.5 Å². The second-order valence-electron chi connectivity index (χ2n) is 13.4. The molecule has 0 bridgehead atoms. The maximum Gasteiger partial charge on any atom is 0.0786 e. The molecule has 0 fully saturated rings. The molecule has 182 valence electrons. The molecule has 0 atom stereocenters. The topological polar surface area (TPSA) is 12.9 Å². The fourth-order valence-corrected chi connectivity index (χ4v) is 6.33. The summed E-state index contributed by atoms with van der Waals surface area (Å²) in [4.78, 5) is 5.03. The number of fused-ring (bicyclic) bond motifs is 5. The second kappa shape index (κ2) is 7.90. The summed E-state index contributed by atoms with van der Waals surface area (Å²) in [5.41, 5.74) is 10.1. The predicted molar refractivity (Wildman–Crippen MR) is 156 cm³/mol. The summed E-state index contributed by atoms with van der Waals surface area (Å²) in [7, 11) is 0. The van der Waals surface area contributed by atoms with Gasteiger partial charge in [0.05, 0.1) is 5.69 Å². The number of rotatable bonds is 2. The molecule has 1 heteroatoms. The summed E-state index contributed by atoms with van der Waals surface area (Å²) >= 11 is 0. The highest BCUT2D eigenvalue weighted by atomic mass is 14.7. The highest BCUT2D eigenvalue weighted by Gasteiger charge is 2.27. The van der Waals surface area contributed by atoms with Crippen LogP contribution in [0.5, 0.6) is 0 Å². The molecule has 36 heavy (non-hydrogen) atoms. The Hall–Kier alpha value is -3.19. The van der Waals surface area contributed by atoms with Crippen molar-refractivity contribution in [2.45, 2.75) is 67.7 Å². The first-order valence-corrected chi connectivity index (χ1v) is 13.4. The van der Waals surface area contributed by atoms with Crippen LogP contribution in [0.3, 0.4) is 0 Å². The van der Waals surface area contributed by atoms with Gasteiger partial charge in [-0.15, -0.1) is 0 Å². The largest absolute Gasteiger partial charge is 0.256 e. The molecular weight excluding hydrogens is 434 g/mol. The van der Waals surface area contributed by atoms with Crippen molar-refractivity contribution >= 4 is 32.3 Å². The third kappa shape index (κ3) is 3.90. The van der Waals surface area contributed by atoms with Gasteiger partial charge in [-0.05, 0) is 104 Å². The van der Waals surface area contributed by atoms with Crippen LogP contribution in [-0.4, -0.2) is 4.98 Å². The van der Waals surface area contributed by atoms with Crippen LogP contribution in [0.15, 0.2) is 60.8 Å². The van der Waals surface area contributed by atoms with Crippen LogP contribution < -0.4 is 0 Å². The molecule has 0 saturated carbocycles. The summed E-state index contributed by atoms with van der Waals surface area (Å²) in [5, 5.41) is 8.19. The predicted octanol–water partition coefficient (Wildman–Crippen LogP) is 9.60. The van der Waals surface area contributed by atoms with E-state index in [1.807, 2.05) is 6.20 Å². The minimum atomic E-state index is 0.204. The lowest BCUT2D eigenvalue weighted by Gasteiger charge is -2.28. The first-order chi connectivity index (χ1) is 17.0. The molecule has 0 radical (unpaired) electrons. The van der Waals surface area contributed by atoms with E-state index in [0.717, 1.165) is 25.0 Å². The van der Waals surface area contributed by atoms with Gasteiger partial charge in [0.15, 0.2) is 0 Å². The molecule has 0 amide bonds. The number of nitrogens with zero attached hydrogens (tertiary/aromatic N) is 1. The number of pyridine rings is 1. The standard InChI is InChI=1S/C35H37N/c1-21-11-12-25-23(15-21)16-30-29(31(25)20-35(5,6)7)18-24-17-28-22(19-34(2,3)4)9-8-10-26(28)27-13-14-36-33(30)32(24)27/h8-17H,18-20H2,1-7H3. The van der Waals surface area contributed by atoms with Gasteiger partial charge < -0.3 is 0 Å². The molecular formula is C35H37N. The van der Waals surface area contributed by atoms with E-state index in [0.29, 0.717) is 0 Å². The Morgan fingerprint density at radius 2 is 1.53 bits per heavy atom. The fraction of sp³-hybridized carbons (Fsp3) is 0.343. The smallest absolute Gasteiger partial charge is 0.0786 e. The fourth-order valence-electron chi connectivity index (χ4n) is 6.33. The van der Waals surface area contributed by atoms with Crippen LogP contribution in [0.1, 0.15) is 69.4 Å². The molecule has 0 saturated heterocycles. The van der Waals surface area contributed by atoms with Crippen LogP contribution in [0, 0.1) is 17.8 Å². The Morgan fingerprint density at radius 1 is 0.750 bits per heavy atom. The maximum absolute atomic E-state index is 5.03. The van der Waals surface area contributed by atoms with E-state index >= 15 is 0 Å². The molecule has 6 rings (SSSR count). The average molecular weight is 472 g/mol. The highest BCUT2D eigenvalue weighted by Crippen LogP contribution is 2.46. The molecule has 5 aromatic rings. The van der Waals surface area contributed by atoms with E-state index in [1.54, 1.807) is 0 Å². The van der Waals surface area contributed by atoms with Crippen molar-refractivity contribution < 1.29 is 0 Å². The van der Waals surface area contributed by atoms with Gasteiger partial charge >= 0.3 is 0 Å². The van der Waals surface area contributed by atoms with Gasteiger partial charge in [0, 0.05) is 17.1 Å².